The molecule has 25 heavy (non-hydrogen) atoms. The van der Waals surface area contributed by atoms with E-state index < -0.39 is 6.17 Å². The molecule has 0 bridgehead atoms. The van der Waals surface area contributed by atoms with Gasteiger partial charge in [-0.3, -0.25) is 4.98 Å². The highest BCUT2D eigenvalue weighted by Gasteiger charge is 2.46. The second-order valence-electron chi connectivity index (χ2n) is 7.53. The summed E-state index contributed by atoms with van der Waals surface area (Å²) in [5, 5.41) is 12.1. The topological polar surface area (TPSA) is 50.7 Å². The van der Waals surface area contributed by atoms with E-state index in [-0.39, 0.29) is 5.41 Å². The molecule has 0 aromatic carbocycles. The molecule has 0 aliphatic heterocycles. The van der Waals surface area contributed by atoms with Gasteiger partial charge < -0.3 is 5.32 Å². The first-order valence-corrected chi connectivity index (χ1v) is 9.38. The van der Waals surface area contributed by atoms with Crippen molar-refractivity contribution in [3.05, 3.63) is 47.9 Å². The molecule has 0 radical (unpaired) electrons. The van der Waals surface area contributed by atoms with Crippen LogP contribution in [-0.2, 0) is 5.41 Å². The van der Waals surface area contributed by atoms with Crippen molar-refractivity contribution in [2.75, 3.05) is 11.9 Å². The van der Waals surface area contributed by atoms with Gasteiger partial charge in [-0.2, -0.15) is 5.10 Å². The molecular formula is C20H25FN4. The number of hydrogen-bond donors (Lipinski definition) is 1. The molecule has 2 aromatic rings. The molecule has 4 rings (SSSR count). The van der Waals surface area contributed by atoms with E-state index in [9.17, 15) is 4.39 Å². The molecule has 2 aromatic heterocycles. The first kappa shape index (κ1) is 16.4. The minimum atomic E-state index is -0.733. The van der Waals surface area contributed by atoms with Gasteiger partial charge in [0.1, 0.15) is 12.0 Å². The molecule has 0 amide bonds. The number of hydrogen-bond acceptors (Lipinski definition) is 4. The quantitative estimate of drug-likeness (QED) is 0.876. The lowest BCUT2D eigenvalue weighted by Crippen LogP contribution is -2.48. The molecular weight excluding hydrogens is 315 g/mol. The summed E-state index contributed by atoms with van der Waals surface area (Å²) in [4.78, 5) is 4.45. The summed E-state index contributed by atoms with van der Waals surface area (Å²) in [6.07, 6.45) is 8.46. The zero-order valence-corrected chi connectivity index (χ0v) is 14.5. The number of halogens is 1. The predicted molar refractivity (Wildman–Crippen MR) is 96.4 cm³/mol. The molecule has 5 heteroatoms. The van der Waals surface area contributed by atoms with Crippen molar-refractivity contribution in [1.82, 2.24) is 15.2 Å². The summed E-state index contributed by atoms with van der Waals surface area (Å²) in [6.45, 7) is 0.641. The molecule has 4 nitrogen and oxygen atoms in total. The van der Waals surface area contributed by atoms with Crippen LogP contribution in [0.5, 0.6) is 0 Å². The lowest BCUT2D eigenvalue weighted by atomic mass is 9.65. The van der Waals surface area contributed by atoms with Crippen LogP contribution in [0.3, 0.4) is 0 Å². The zero-order valence-electron chi connectivity index (χ0n) is 14.5. The van der Waals surface area contributed by atoms with Gasteiger partial charge in [0.05, 0.1) is 5.69 Å². The smallest absolute Gasteiger partial charge is 0.148 e. The minimum absolute atomic E-state index is 0.232. The largest absolute Gasteiger partial charge is 0.368 e. The van der Waals surface area contributed by atoms with E-state index in [2.05, 4.69) is 26.6 Å². The summed E-state index contributed by atoms with van der Waals surface area (Å²) in [6, 6.07) is 9.96. The maximum Gasteiger partial charge on any atom is 0.148 e. The van der Waals surface area contributed by atoms with Crippen LogP contribution in [0.1, 0.15) is 62.3 Å². The first-order chi connectivity index (χ1) is 12.3. The molecule has 0 spiro atoms. The van der Waals surface area contributed by atoms with Crippen LogP contribution < -0.4 is 5.32 Å². The van der Waals surface area contributed by atoms with Crippen LogP contribution in [0.15, 0.2) is 36.5 Å². The Morgan fingerprint density at radius 1 is 1.04 bits per heavy atom. The van der Waals surface area contributed by atoms with E-state index in [0.29, 0.717) is 25.3 Å². The Bertz CT molecular complexity index is 677. The number of rotatable bonds is 5. The third-order valence-electron chi connectivity index (χ3n) is 5.75. The molecule has 0 saturated heterocycles. The van der Waals surface area contributed by atoms with Crippen molar-refractivity contribution in [3.63, 3.8) is 0 Å². The summed E-state index contributed by atoms with van der Waals surface area (Å²) < 4.78 is 13.6. The summed E-state index contributed by atoms with van der Waals surface area (Å²) in [5.74, 6) is 1.33. The highest BCUT2D eigenvalue weighted by atomic mass is 19.1. The van der Waals surface area contributed by atoms with Gasteiger partial charge in [0.15, 0.2) is 0 Å². The van der Waals surface area contributed by atoms with Gasteiger partial charge in [-0.25, -0.2) is 4.39 Å². The molecule has 2 saturated carbocycles. The standard InChI is InChI=1S/C20H25FN4/c21-16-12-20(13-16,18-8-4-5-11-22-18)14-23-19-10-9-17(24-25-19)15-6-2-1-3-7-15/h4-5,8-11,15-16H,1-3,6-7,12-14H2,(H,23,25). The van der Waals surface area contributed by atoms with Crippen LogP contribution in [0.25, 0.3) is 0 Å². The van der Waals surface area contributed by atoms with Gasteiger partial charge in [0.2, 0.25) is 0 Å². The van der Waals surface area contributed by atoms with Gasteiger partial charge in [-0.1, -0.05) is 25.3 Å². The predicted octanol–water partition coefficient (Wildman–Crippen LogP) is 4.40. The monoisotopic (exact) mass is 340 g/mol. The second-order valence-corrected chi connectivity index (χ2v) is 7.53. The number of anilines is 1. The molecule has 132 valence electrons. The fraction of sp³-hybridized carbons (Fsp3) is 0.550. The van der Waals surface area contributed by atoms with Crippen LogP contribution in [0.2, 0.25) is 0 Å². The number of alkyl halides is 1. The van der Waals surface area contributed by atoms with E-state index in [1.54, 1.807) is 6.20 Å². The Balaban J connectivity index is 1.41. The molecule has 2 aliphatic rings. The Hall–Kier alpha value is -2.04. The SMILES string of the molecule is FC1CC(CNc2ccc(C3CCCCC3)nn2)(c2ccccn2)C1. The van der Waals surface area contributed by atoms with Crippen molar-refractivity contribution in [2.24, 2.45) is 0 Å². The summed E-state index contributed by atoms with van der Waals surface area (Å²) in [5.41, 5.74) is 1.84. The van der Waals surface area contributed by atoms with Crippen LogP contribution in [-0.4, -0.2) is 27.9 Å². The van der Waals surface area contributed by atoms with Crippen LogP contribution in [0.4, 0.5) is 10.2 Å². The van der Waals surface area contributed by atoms with Gasteiger partial charge in [0, 0.05) is 29.8 Å². The molecule has 0 atom stereocenters. The average molecular weight is 340 g/mol. The minimum Gasteiger partial charge on any atom is -0.368 e. The number of nitrogens with zero attached hydrogens (tertiary/aromatic N) is 3. The van der Waals surface area contributed by atoms with Gasteiger partial charge >= 0.3 is 0 Å². The van der Waals surface area contributed by atoms with E-state index in [0.717, 1.165) is 17.2 Å². The van der Waals surface area contributed by atoms with Crippen molar-refractivity contribution < 1.29 is 4.39 Å². The van der Waals surface area contributed by atoms with Crippen LogP contribution >= 0.6 is 0 Å². The Morgan fingerprint density at radius 2 is 1.88 bits per heavy atom. The number of aromatic nitrogens is 3. The van der Waals surface area contributed by atoms with Crippen molar-refractivity contribution in [1.29, 1.82) is 0 Å². The highest BCUT2D eigenvalue weighted by molar-refractivity contribution is 5.36. The van der Waals surface area contributed by atoms with E-state index in [4.69, 9.17) is 0 Å². The third kappa shape index (κ3) is 3.51. The molecule has 2 heterocycles. The maximum absolute atomic E-state index is 13.6. The van der Waals surface area contributed by atoms with Gasteiger partial charge in [-0.05, 0) is 49.9 Å². The van der Waals surface area contributed by atoms with Crippen molar-refractivity contribution >= 4 is 5.82 Å². The molecule has 1 N–H and O–H groups in total. The Morgan fingerprint density at radius 3 is 2.52 bits per heavy atom. The number of pyridine rings is 1. The highest BCUT2D eigenvalue weighted by Crippen LogP contribution is 2.44. The Labute approximate surface area is 148 Å². The first-order valence-electron chi connectivity index (χ1n) is 9.38. The fourth-order valence-electron chi connectivity index (χ4n) is 4.22. The Kier molecular flexibility index (Phi) is 4.64. The van der Waals surface area contributed by atoms with Gasteiger partial charge in [0.25, 0.3) is 0 Å². The lowest BCUT2D eigenvalue weighted by Gasteiger charge is -2.44. The molecule has 0 unspecified atom stereocenters. The fourth-order valence-corrected chi connectivity index (χ4v) is 4.22. The zero-order chi connectivity index (χ0) is 17.1. The lowest BCUT2D eigenvalue weighted by molar-refractivity contribution is 0.0996. The van der Waals surface area contributed by atoms with E-state index in [1.165, 1.54) is 32.1 Å². The number of nitrogens with one attached hydrogen (secondary N) is 1. The molecule has 2 aliphatic carbocycles. The second kappa shape index (κ2) is 7.06. The molecule has 2 fully saturated rings. The summed E-state index contributed by atoms with van der Waals surface area (Å²) >= 11 is 0. The van der Waals surface area contributed by atoms with Gasteiger partial charge in [-0.15, -0.1) is 5.10 Å². The van der Waals surface area contributed by atoms with Crippen molar-refractivity contribution in [2.45, 2.75) is 62.5 Å². The van der Waals surface area contributed by atoms with E-state index >= 15 is 0 Å². The summed E-state index contributed by atoms with van der Waals surface area (Å²) in [7, 11) is 0. The average Bonchev–Trinajstić information content (AvgIpc) is 2.66. The van der Waals surface area contributed by atoms with Crippen molar-refractivity contribution in [3.8, 4) is 0 Å². The third-order valence-corrected chi connectivity index (χ3v) is 5.75. The van der Waals surface area contributed by atoms with Crippen LogP contribution in [0, 0.1) is 0 Å². The maximum atomic E-state index is 13.6. The normalized spacial score (nSPS) is 26.8. The van der Waals surface area contributed by atoms with E-state index in [1.807, 2.05) is 24.3 Å².